The van der Waals surface area contributed by atoms with E-state index in [0.29, 0.717) is 11.8 Å². The van der Waals surface area contributed by atoms with Crippen molar-refractivity contribution in [2.24, 2.45) is 11.8 Å². The van der Waals surface area contributed by atoms with Crippen LogP contribution in [0.1, 0.15) is 27.0 Å². The molecule has 0 spiro atoms. The molecule has 2 fully saturated rings. The van der Waals surface area contributed by atoms with Crippen LogP contribution in [-0.4, -0.2) is 37.0 Å². The number of rotatable bonds is 4. The number of carbonyl (C=O) groups is 1. The summed E-state index contributed by atoms with van der Waals surface area (Å²) in [5.74, 6) is 2.36. The molecule has 2 aromatic carbocycles. The van der Waals surface area contributed by atoms with Crippen LogP contribution in [0, 0.1) is 25.7 Å². The Bertz CT molecular complexity index is 814. The number of aryl methyl sites for hydroxylation is 2. The highest BCUT2D eigenvalue weighted by Crippen LogP contribution is 2.29. The molecule has 0 saturated carbocycles. The standard InChI is InChI=1S/C22H26N2OS.ClH/c1-15-6-7-16(2)21(8-15)26-14-17-4-3-5-18(9-17)22(25)24-12-19-10-23-11-20(19)13-24;/h3-9,19-20,23H,10-14H2,1-2H3;1H/t19-,20+;. The molecule has 3 nitrogen and oxygen atoms in total. The van der Waals surface area contributed by atoms with Gasteiger partial charge < -0.3 is 10.2 Å². The zero-order valence-electron chi connectivity index (χ0n) is 15.9. The normalized spacial score (nSPS) is 21.0. The average molecular weight is 403 g/mol. The van der Waals surface area contributed by atoms with Gasteiger partial charge in [0.05, 0.1) is 0 Å². The summed E-state index contributed by atoms with van der Waals surface area (Å²) in [5, 5.41) is 3.43. The minimum atomic E-state index is 0. The van der Waals surface area contributed by atoms with Crippen LogP contribution < -0.4 is 5.32 Å². The number of fused-ring (bicyclic) bond motifs is 1. The largest absolute Gasteiger partial charge is 0.338 e. The quantitative estimate of drug-likeness (QED) is 0.773. The molecule has 2 aliphatic heterocycles. The fraction of sp³-hybridized carbons (Fsp3) is 0.409. The molecule has 4 rings (SSSR count). The molecule has 27 heavy (non-hydrogen) atoms. The smallest absolute Gasteiger partial charge is 0.253 e. The third kappa shape index (κ3) is 4.50. The van der Waals surface area contributed by atoms with Gasteiger partial charge in [-0.3, -0.25) is 4.79 Å². The van der Waals surface area contributed by atoms with Crippen molar-refractivity contribution in [1.29, 1.82) is 0 Å². The number of likely N-dealkylation sites (tertiary alicyclic amines) is 1. The summed E-state index contributed by atoms with van der Waals surface area (Å²) in [7, 11) is 0. The zero-order valence-corrected chi connectivity index (χ0v) is 17.5. The Hall–Kier alpha value is -1.49. The lowest BCUT2D eigenvalue weighted by Gasteiger charge is -2.18. The minimum Gasteiger partial charge on any atom is -0.338 e. The van der Waals surface area contributed by atoms with Gasteiger partial charge in [-0.25, -0.2) is 0 Å². The van der Waals surface area contributed by atoms with Gasteiger partial charge in [-0.1, -0.05) is 29.8 Å². The van der Waals surface area contributed by atoms with Crippen molar-refractivity contribution in [2.45, 2.75) is 24.5 Å². The first kappa shape index (κ1) is 20.2. The van der Waals surface area contributed by atoms with Gasteiger partial charge >= 0.3 is 0 Å². The number of nitrogens with zero attached hydrogens (tertiary/aromatic N) is 1. The van der Waals surface area contributed by atoms with E-state index >= 15 is 0 Å². The number of amides is 1. The van der Waals surface area contributed by atoms with E-state index in [4.69, 9.17) is 0 Å². The average Bonchev–Trinajstić information content (AvgIpc) is 3.24. The third-order valence-electron chi connectivity index (χ3n) is 5.59. The summed E-state index contributed by atoms with van der Waals surface area (Å²) in [6, 6.07) is 14.7. The molecule has 144 valence electrons. The van der Waals surface area contributed by atoms with Crippen LogP contribution in [0.5, 0.6) is 0 Å². The number of carbonyl (C=O) groups excluding carboxylic acids is 1. The van der Waals surface area contributed by atoms with E-state index in [0.717, 1.165) is 37.5 Å². The van der Waals surface area contributed by atoms with Crippen molar-refractivity contribution in [3.8, 4) is 0 Å². The fourth-order valence-electron chi connectivity index (χ4n) is 4.02. The zero-order chi connectivity index (χ0) is 18.1. The Labute approximate surface area is 172 Å². The second-order valence-corrected chi connectivity index (χ2v) is 8.66. The fourth-order valence-corrected chi connectivity index (χ4v) is 5.09. The number of hydrogen-bond acceptors (Lipinski definition) is 3. The van der Waals surface area contributed by atoms with Gasteiger partial charge in [0.15, 0.2) is 0 Å². The first-order chi connectivity index (χ1) is 12.6. The Morgan fingerprint density at radius 3 is 2.59 bits per heavy atom. The number of halogens is 1. The van der Waals surface area contributed by atoms with Crippen LogP contribution in [0.3, 0.4) is 0 Å². The summed E-state index contributed by atoms with van der Waals surface area (Å²) in [4.78, 5) is 16.3. The van der Waals surface area contributed by atoms with Gasteiger partial charge in [-0.05, 0) is 55.0 Å². The number of nitrogens with one attached hydrogen (secondary N) is 1. The molecule has 2 saturated heterocycles. The molecule has 2 atom stereocenters. The van der Waals surface area contributed by atoms with Gasteiger partial charge in [0, 0.05) is 42.4 Å². The third-order valence-corrected chi connectivity index (χ3v) is 6.82. The van der Waals surface area contributed by atoms with E-state index in [9.17, 15) is 4.79 Å². The van der Waals surface area contributed by atoms with Crippen molar-refractivity contribution in [1.82, 2.24) is 10.2 Å². The maximum absolute atomic E-state index is 12.9. The first-order valence-corrected chi connectivity index (χ1v) is 10.4. The minimum absolute atomic E-state index is 0. The monoisotopic (exact) mass is 402 g/mol. The molecule has 2 aromatic rings. The van der Waals surface area contributed by atoms with Crippen molar-refractivity contribution in [2.75, 3.05) is 26.2 Å². The molecule has 0 radical (unpaired) electrons. The first-order valence-electron chi connectivity index (χ1n) is 9.39. The maximum atomic E-state index is 12.9. The molecule has 2 heterocycles. The Kier molecular flexibility index (Phi) is 6.51. The highest BCUT2D eigenvalue weighted by Gasteiger charge is 2.38. The molecule has 0 bridgehead atoms. The van der Waals surface area contributed by atoms with E-state index in [1.54, 1.807) is 0 Å². The molecule has 5 heteroatoms. The van der Waals surface area contributed by atoms with Crippen LogP contribution in [0.2, 0.25) is 0 Å². The second kappa shape index (κ2) is 8.68. The Morgan fingerprint density at radius 2 is 1.85 bits per heavy atom. The van der Waals surface area contributed by atoms with Crippen molar-refractivity contribution < 1.29 is 4.79 Å². The van der Waals surface area contributed by atoms with Crippen LogP contribution in [0.15, 0.2) is 47.4 Å². The topological polar surface area (TPSA) is 32.3 Å². The van der Waals surface area contributed by atoms with Crippen molar-refractivity contribution in [3.05, 3.63) is 64.7 Å². The Morgan fingerprint density at radius 1 is 1.11 bits per heavy atom. The van der Waals surface area contributed by atoms with Gasteiger partial charge in [0.25, 0.3) is 5.91 Å². The molecule has 1 amide bonds. The van der Waals surface area contributed by atoms with Crippen molar-refractivity contribution in [3.63, 3.8) is 0 Å². The van der Waals surface area contributed by atoms with Crippen LogP contribution in [-0.2, 0) is 5.75 Å². The summed E-state index contributed by atoms with van der Waals surface area (Å²) in [5.41, 5.74) is 4.64. The molecular formula is C22H27ClN2OS. The highest BCUT2D eigenvalue weighted by molar-refractivity contribution is 7.98. The van der Waals surface area contributed by atoms with Crippen molar-refractivity contribution >= 4 is 30.1 Å². The van der Waals surface area contributed by atoms with Gasteiger partial charge in [-0.15, -0.1) is 24.2 Å². The van der Waals surface area contributed by atoms with Gasteiger partial charge in [0.1, 0.15) is 0 Å². The summed E-state index contributed by atoms with van der Waals surface area (Å²) in [6.45, 7) is 8.20. The summed E-state index contributed by atoms with van der Waals surface area (Å²) >= 11 is 1.85. The van der Waals surface area contributed by atoms with E-state index < -0.39 is 0 Å². The molecular weight excluding hydrogens is 376 g/mol. The van der Waals surface area contributed by atoms with Crippen LogP contribution in [0.25, 0.3) is 0 Å². The predicted molar refractivity (Wildman–Crippen MR) is 115 cm³/mol. The molecule has 0 unspecified atom stereocenters. The van der Waals surface area contributed by atoms with E-state index in [1.807, 2.05) is 28.8 Å². The number of thioether (sulfide) groups is 1. The lowest BCUT2D eigenvalue weighted by atomic mass is 10.0. The molecule has 0 aromatic heterocycles. The molecule has 1 N–H and O–H groups in total. The summed E-state index contributed by atoms with van der Waals surface area (Å²) < 4.78 is 0. The lowest BCUT2D eigenvalue weighted by molar-refractivity contribution is 0.0781. The van der Waals surface area contributed by atoms with Gasteiger partial charge in [0.2, 0.25) is 0 Å². The number of hydrogen-bond donors (Lipinski definition) is 1. The predicted octanol–water partition coefficient (Wildman–Crippen LogP) is 4.31. The Balaban J connectivity index is 0.00000210. The van der Waals surface area contributed by atoms with E-state index in [2.05, 4.69) is 49.5 Å². The molecule has 0 aliphatic carbocycles. The van der Waals surface area contributed by atoms with Crippen LogP contribution >= 0.6 is 24.2 Å². The summed E-state index contributed by atoms with van der Waals surface area (Å²) in [6.07, 6.45) is 0. The van der Waals surface area contributed by atoms with E-state index in [-0.39, 0.29) is 18.3 Å². The van der Waals surface area contributed by atoms with E-state index in [1.165, 1.54) is 21.6 Å². The highest BCUT2D eigenvalue weighted by atomic mass is 35.5. The number of benzene rings is 2. The second-order valence-electron chi connectivity index (χ2n) is 7.65. The SMILES string of the molecule is Cc1ccc(C)c(SCc2cccc(C(=O)N3C[C@H]4CNC[C@H]4C3)c2)c1.Cl. The van der Waals surface area contributed by atoms with Gasteiger partial charge in [-0.2, -0.15) is 0 Å². The van der Waals surface area contributed by atoms with Crippen LogP contribution in [0.4, 0.5) is 0 Å². The lowest BCUT2D eigenvalue weighted by Crippen LogP contribution is -2.31. The maximum Gasteiger partial charge on any atom is 0.253 e. The molecule has 2 aliphatic rings.